The van der Waals surface area contributed by atoms with Gasteiger partial charge in [-0.15, -0.1) is 0 Å². The Balaban J connectivity index is 2.22. The van der Waals surface area contributed by atoms with E-state index in [-0.39, 0.29) is 5.82 Å². The fourth-order valence-corrected chi connectivity index (χ4v) is 1.99. The maximum atomic E-state index is 13.2. The van der Waals surface area contributed by atoms with Crippen LogP contribution < -0.4 is 10.4 Å². The summed E-state index contributed by atoms with van der Waals surface area (Å²) in [6.45, 7) is 0.469. The summed E-state index contributed by atoms with van der Waals surface area (Å²) in [4.78, 5) is 1.85. The fourth-order valence-electron chi connectivity index (χ4n) is 1.99. The fraction of sp³-hybridized carbons (Fsp3) is 0.143. The van der Waals surface area contributed by atoms with Gasteiger partial charge < -0.3 is 14.9 Å². The van der Waals surface area contributed by atoms with Gasteiger partial charge in [-0.25, -0.2) is 4.39 Å². The van der Waals surface area contributed by atoms with E-state index in [1.807, 2.05) is 24.1 Å². The maximum Gasteiger partial charge on any atom is 0.488 e. The molecule has 2 rings (SSSR count). The van der Waals surface area contributed by atoms with Gasteiger partial charge in [0, 0.05) is 19.3 Å². The second-order valence-corrected chi connectivity index (χ2v) is 4.41. The van der Waals surface area contributed by atoms with E-state index in [1.54, 1.807) is 24.3 Å². The van der Waals surface area contributed by atoms with E-state index in [0.717, 1.165) is 11.3 Å². The van der Waals surface area contributed by atoms with Crippen LogP contribution in [0.1, 0.15) is 5.56 Å². The third-order valence-corrected chi connectivity index (χ3v) is 2.99. The normalized spacial score (nSPS) is 10.3. The van der Waals surface area contributed by atoms with Gasteiger partial charge in [0.25, 0.3) is 0 Å². The summed E-state index contributed by atoms with van der Waals surface area (Å²) in [7, 11) is 0.326. The zero-order valence-electron chi connectivity index (χ0n) is 10.6. The molecule has 0 amide bonds. The van der Waals surface area contributed by atoms with E-state index in [0.29, 0.717) is 12.0 Å². The molecule has 0 aliphatic carbocycles. The molecule has 2 aromatic rings. The van der Waals surface area contributed by atoms with Crippen LogP contribution in [0.15, 0.2) is 48.5 Å². The zero-order valence-corrected chi connectivity index (χ0v) is 10.6. The quantitative estimate of drug-likeness (QED) is 0.809. The van der Waals surface area contributed by atoms with Crippen molar-refractivity contribution in [1.82, 2.24) is 0 Å². The largest absolute Gasteiger partial charge is 0.488 e. The Labute approximate surface area is 112 Å². The number of halogens is 1. The Morgan fingerprint density at radius 3 is 2.53 bits per heavy atom. The van der Waals surface area contributed by atoms with E-state index in [2.05, 4.69) is 0 Å². The van der Waals surface area contributed by atoms with Crippen molar-refractivity contribution in [3.63, 3.8) is 0 Å². The molecule has 0 heterocycles. The first-order chi connectivity index (χ1) is 9.08. The molecular formula is C14H15BFNO2. The van der Waals surface area contributed by atoms with Gasteiger partial charge in [0.15, 0.2) is 0 Å². The van der Waals surface area contributed by atoms with E-state index in [4.69, 9.17) is 0 Å². The minimum absolute atomic E-state index is 0.292. The molecule has 0 atom stereocenters. The average molecular weight is 259 g/mol. The number of benzene rings is 2. The van der Waals surface area contributed by atoms with Gasteiger partial charge in [-0.2, -0.15) is 0 Å². The molecule has 0 spiro atoms. The summed E-state index contributed by atoms with van der Waals surface area (Å²) >= 11 is 0. The first-order valence-corrected chi connectivity index (χ1v) is 5.98. The van der Waals surface area contributed by atoms with Gasteiger partial charge in [-0.1, -0.05) is 30.3 Å². The molecule has 19 heavy (non-hydrogen) atoms. The van der Waals surface area contributed by atoms with Crippen LogP contribution in [0.2, 0.25) is 0 Å². The summed E-state index contributed by atoms with van der Waals surface area (Å²) in [5.74, 6) is -0.292. The van der Waals surface area contributed by atoms with Crippen molar-refractivity contribution < 1.29 is 14.4 Å². The van der Waals surface area contributed by atoms with E-state index >= 15 is 0 Å². The monoisotopic (exact) mass is 259 g/mol. The summed E-state index contributed by atoms with van der Waals surface area (Å²) in [6.07, 6.45) is 0. The molecule has 2 aromatic carbocycles. The Kier molecular flexibility index (Phi) is 4.19. The standard InChI is InChI=1S/C14H15BFNO2/c1-17(13-7-4-6-12(16)9-13)10-11-5-2-3-8-14(11)15(18)19/h2-9,18-19H,10H2,1H3. The zero-order chi connectivity index (χ0) is 13.8. The number of hydrogen-bond acceptors (Lipinski definition) is 3. The summed E-state index contributed by atoms with van der Waals surface area (Å²) in [5.41, 5.74) is 2.00. The highest BCUT2D eigenvalue weighted by atomic mass is 19.1. The Bertz CT molecular complexity index is 563. The summed E-state index contributed by atoms with van der Waals surface area (Å²) < 4.78 is 13.2. The molecule has 0 aliphatic heterocycles. The third-order valence-electron chi connectivity index (χ3n) is 2.99. The van der Waals surface area contributed by atoms with Crippen molar-refractivity contribution in [3.8, 4) is 0 Å². The minimum Gasteiger partial charge on any atom is -0.423 e. The molecule has 0 fully saturated rings. The van der Waals surface area contributed by atoms with Gasteiger partial charge in [0.2, 0.25) is 0 Å². The van der Waals surface area contributed by atoms with Crippen molar-refractivity contribution in [2.45, 2.75) is 6.54 Å². The van der Waals surface area contributed by atoms with Crippen LogP contribution in [0, 0.1) is 5.82 Å². The number of nitrogens with zero attached hydrogens (tertiary/aromatic N) is 1. The Hall–Kier alpha value is -1.85. The Morgan fingerprint density at radius 2 is 1.84 bits per heavy atom. The SMILES string of the molecule is CN(Cc1ccccc1B(O)O)c1cccc(F)c1. The average Bonchev–Trinajstić information content (AvgIpc) is 2.39. The molecule has 3 nitrogen and oxygen atoms in total. The molecule has 0 saturated carbocycles. The highest BCUT2D eigenvalue weighted by molar-refractivity contribution is 6.59. The summed E-state index contributed by atoms with van der Waals surface area (Å²) in [5, 5.41) is 18.6. The van der Waals surface area contributed by atoms with Gasteiger partial charge >= 0.3 is 7.12 Å². The first-order valence-electron chi connectivity index (χ1n) is 5.98. The minimum atomic E-state index is -1.50. The molecule has 0 aliphatic rings. The highest BCUT2D eigenvalue weighted by Crippen LogP contribution is 2.16. The second-order valence-electron chi connectivity index (χ2n) is 4.41. The lowest BCUT2D eigenvalue weighted by Crippen LogP contribution is -2.35. The molecule has 5 heteroatoms. The summed E-state index contributed by atoms with van der Waals surface area (Å²) in [6, 6.07) is 13.4. The van der Waals surface area contributed by atoms with Crippen molar-refractivity contribution in [2.24, 2.45) is 0 Å². The van der Waals surface area contributed by atoms with Crippen molar-refractivity contribution >= 4 is 18.3 Å². The predicted molar refractivity (Wildman–Crippen MR) is 74.8 cm³/mol. The van der Waals surface area contributed by atoms with Gasteiger partial charge in [-0.3, -0.25) is 0 Å². The van der Waals surface area contributed by atoms with E-state index in [9.17, 15) is 14.4 Å². The lowest BCUT2D eigenvalue weighted by Gasteiger charge is -2.21. The lowest BCUT2D eigenvalue weighted by molar-refractivity contribution is 0.425. The lowest BCUT2D eigenvalue weighted by atomic mass is 9.77. The molecule has 0 unspecified atom stereocenters. The smallest absolute Gasteiger partial charge is 0.423 e. The van der Waals surface area contributed by atoms with Crippen molar-refractivity contribution in [1.29, 1.82) is 0 Å². The molecule has 0 radical (unpaired) electrons. The molecule has 98 valence electrons. The van der Waals surface area contributed by atoms with E-state index in [1.165, 1.54) is 12.1 Å². The number of rotatable bonds is 4. The molecule has 2 N–H and O–H groups in total. The third kappa shape index (κ3) is 3.33. The Morgan fingerprint density at radius 1 is 1.11 bits per heavy atom. The van der Waals surface area contributed by atoms with E-state index < -0.39 is 7.12 Å². The van der Waals surface area contributed by atoms with Crippen molar-refractivity contribution in [2.75, 3.05) is 11.9 Å². The second kappa shape index (κ2) is 5.86. The molecule has 0 saturated heterocycles. The molecular weight excluding hydrogens is 244 g/mol. The van der Waals surface area contributed by atoms with Crippen LogP contribution in [0.5, 0.6) is 0 Å². The van der Waals surface area contributed by atoms with Crippen LogP contribution in [0.25, 0.3) is 0 Å². The molecule has 0 bridgehead atoms. The van der Waals surface area contributed by atoms with Gasteiger partial charge in [0.1, 0.15) is 5.82 Å². The van der Waals surface area contributed by atoms with Crippen LogP contribution in [0.3, 0.4) is 0 Å². The van der Waals surface area contributed by atoms with Crippen LogP contribution in [-0.4, -0.2) is 24.2 Å². The van der Waals surface area contributed by atoms with Gasteiger partial charge in [-0.05, 0) is 29.2 Å². The topological polar surface area (TPSA) is 43.7 Å². The van der Waals surface area contributed by atoms with Crippen LogP contribution in [0.4, 0.5) is 10.1 Å². The van der Waals surface area contributed by atoms with Crippen molar-refractivity contribution in [3.05, 3.63) is 59.9 Å². The highest BCUT2D eigenvalue weighted by Gasteiger charge is 2.16. The first kappa shape index (κ1) is 13.6. The number of anilines is 1. The molecule has 0 aromatic heterocycles. The maximum absolute atomic E-state index is 13.2. The van der Waals surface area contributed by atoms with Gasteiger partial charge in [0.05, 0.1) is 0 Å². The number of hydrogen-bond donors (Lipinski definition) is 2. The predicted octanol–water partition coefficient (Wildman–Crippen LogP) is 1.14. The van der Waals surface area contributed by atoms with Crippen LogP contribution >= 0.6 is 0 Å². The van der Waals surface area contributed by atoms with Crippen LogP contribution in [-0.2, 0) is 6.54 Å².